The Morgan fingerprint density at radius 2 is 2.20 bits per heavy atom. The van der Waals surface area contributed by atoms with E-state index in [1.165, 1.54) is 0 Å². The first kappa shape index (κ1) is 17.0. The van der Waals surface area contributed by atoms with Crippen LogP contribution in [0.4, 0.5) is 5.69 Å². The van der Waals surface area contributed by atoms with Gasteiger partial charge in [-0.25, -0.2) is 0 Å². The summed E-state index contributed by atoms with van der Waals surface area (Å²) in [6, 6.07) is 5.34. The minimum absolute atomic E-state index is 0.0302. The normalized spacial score (nSPS) is 14.3. The van der Waals surface area contributed by atoms with Crippen molar-refractivity contribution in [2.45, 2.75) is 33.2 Å². The number of anilines is 1. The number of fused-ring (bicyclic) bond motifs is 1. The lowest BCUT2D eigenvalue weighted by Gasteiger charge is -2.21. The lowest BCUT2D eigenvalue weighted by atomic mass is 10.1. The van der Waals surface area contributed by atoms with E-state index in [9.17, 15) is 9.59 Å². The summed E-state index contributed by atoms with van der Waals surface area (Å²) in [5.74, 6) is 0.400. The highest BCUT2D eigenvalue weighted by atomic mass is 16.5. The van der Waals surface area contributed by atoms with Gasteiger partial charge < -0.3 is 15.4 Å². The van der Waals surface area contributed by atoms with E-state index in [4.69, 9.17) is 4.74 Å². The Hall–Kier alpha value is -2.83. The molecule has 1 aliphatic heterocycles. The van der Waals surface area contributed by atoms with Crippen molar-refractivity contribution in [1.29, 1.82) is 0 Å². The summed E-state index contributed by atoms with van der Waals surface area (Å²) in [7, 11) is 1.87. The van der Waals surface area contributed by atoms with Gasteiger partial charge in [-0.2, -0.15) is 5.10 Å². The van der Waals surface area contributed by atoms with E-state index in [1.807, 2.05) is 46.0 Å². The number of ether oxygens (including phenoxy) is 1. The first-order chi connectivity index (χ1) is 11.8. The van der Waals surface area contributed by atoms with Crippen molar-refractivity contribution in [1.82, 2.24) is 15.1 Å². The zero-order valence-corrected chi connectivity index (χ0v) is 14.8. The molecule has 1 atom stereocenters. The molecule has 132 valence electrons. The van der Waals surface area contributed by atoms with Crippen molar-refractivity contribution in [3.05, 3.63) is 40.7 Å². The summed E-state index contributed by atoms with van der Waals surface area (Å²) in [5, 5.41) is 10.1. The summed E-state index contributed by atoms with van der Waals surface area (Å²) in [6.45, 7) is 5.81. The fourth-order valence-electron chi connectivity index (χ4n) is 2.98. The third-order valence-electron chi connectivity index (χ3n) is 4.51. The molecular weight excluding hydrogens is 320 g/mol. The van der Waals surface area contributed by atoms with Crippen LogP contribution < -0.4 is 15.4 Å². The number of amides is 2. The summed E-state index contributed by atoms with van der Waals surface area (Å²) < 4.78 is 7.14. The van der Waals surface area contributed by atoms with Gasteiger partial charge in [0.15, 0.2) is 6.61 Å². The fourth-order valence-corrected chi connectivity index (χ4v) is 2.98. The highest BCUT2D eigenvalue weighted by Crippen LogP contribution is 2.30. The Bertz CT molecular complexity index is 841. The van der Waals surface area contributed by atoms with Crippen LogP contribution in [0.5, 0.6) is 5.75 Å². The molecule has 0 fully saturated rings. The van der Waals surface area contributed by atoms with Gasteiger partial charge in [0.2, 0.25) is 5.91 Å². The lowest BCUT2D eigenvalue weighted by Crippen LogP contribution is -2.29. The van der Waals surface area contributed by atoms with Crippen LogP contribution in [0.1, 0.15) is 35.5 Å². The number of benzene rings is 1. The molecule has 2 heterocycles. The van der Waals surface area contributed by atoms with Crippen LogP contribution in [0.3, 0.4) is 0 Å². The molecule has 25 heavy (non-hydrogen) atoms. The Morgan fingerprint density at radius 3 is 2.88 bits per heavy atom. The molecule has 1 aromatic carbocycles. The number of rotatable bonds is 4. The Morgan fingerprint density at radius 1 is 1.44 bits per heavy atom. The number of aromatic nitrogens is 2. The number of hydrogen-bond acceptors (Lipinski definition) is 4. The van der Waals surface area contributed by atoms with Gasteiger partial charge in [0, 0.05) is 18.3 Å². The van der Waals surface area contributed by atoms with Gasteiger partial charge in [-0.15, -0.1) is 0 Å². The fraction of sp³-hybridized carbons (Fsp3) is 0.389. The van der Waals surface area contributed by atoms with Crippen LogP contribution in [-0.4, -0.2) is 28.2 Å². The molecule has 3 rings (SSSR count). The Labute approximate surface area is 146 Å². The van der Waals surface area contributed by atoms with E-state index in [0.29, 0.717) is 17.9 Å². The molecule has 0 unspecified atom stereocenters. The summed E-state index contributed by atoms with van der Waals surface area (Å²) in [5.41, 5.74) is 4.36. The molecular formula is C18H22N4O3. The monoisotopic (exact) mass is 342 g/mol. The second-order valence-corrected chi connectivity index (χ2v) is 6.33. The predicted octanol–water partition coefficient (Wildman–Crippen LogP) is 1.79. The smallest absolute Gasteiger partial charge is 0.262 e. The third-order valence-corrected chi connectivity index (χ3v) is 4.51. The second kappa shape index (κ2) is 6.58. The SMILES string of the molecule is Cc1nn(C)c(C)c1CC(=O)N[C@H](C)c1ccc2c(c1)NC(=O)CO2. The summed E-state index contributed by atoms with van der Waals surface area (Å²) in [6.07, 6.45) is 0.292. The second-order valence-electron chi connectivity index (χ2n) is 6.33. The first-order valence-electron chi connectivity index (χ1n) is 8.20. The predicted molar refractivity (Wildman–Crippen MR) is 93.5 cm³/mol. The van der Waals surface area contributed by atoms with Crippen molar-refractivity contribution in [3.8, 4) is 5.75 Å². The average molecular weight is 342 g/mol. The van der Waals surface area contributed by atoms with E-state index >= 15 is 0 Å². The molecule has 1 aliphatic rings. The summed E-state index contributed by atoms with van der Waals surface area (Å²) in [4.78, 5) is 23.8. The maximum absolute atomic E-state index is 12.4. The molecule has 1 aromatic heterocycles. The van der Waals surface area contributed by atoms with Crippen LogP contribution in [-0.2, 0) is 23.1 Å². The minimum atomic E-state index is -0.186. The van der Waals surface area contributed by atoms with Crippen LogP contribution in [0.15, 0.2) is 18.2 Å². The topological polar surface area (TPSA) is 85.3 Å². The van der Waals surface area contributed by atoms with Gasteiger partial charge in [-0.05, 0) is 38.5 Å². The molecule has 7 nitrogen and oxygen atoms in total. The van der Waals surface area contributed by atoms with Gasteiger partial charge in [0.1, 0.15) is 5.75 Å². The van der Waals surface area contributed by atoms with Crippen molar-refractivity contribution in [2.24, 2.45) is 7.05 Å². The van der Waals surface area contributed by atoms with E-state index in [1.54, 1.807) is 4.68 Å². The molecule has 2 amide bonds. The maximum atomic E-state index is 12.4. The summed E-state index contributed by atoms with van der Waals surface area (Å²) >= 11 is 0. The van der Waals surface area contributed by atoms with E-state index in [2.05, 4.69) is 15.7 Å². The highest BCUT2D eigenvalue weighted by molar-refractivity contribution is 5.95. The van der Waals surface area contributed by atoms with Crippen LogP contribution in [0, 0.1) is 13.8 Å². The molecule has 0 bridgehead atoms. The van der Waals surface area contributed by atoms with Crippen LogP contribution >= 0.6 is 0 Å². The molecule has 0 radical (unpaired) electrons. The van der Waals surface area contributed by atoms with Crippen LogP contribution in [0.2, 0.25) is 0 Å². The third kappa shape index (κ3) is 3.50. The van der Waals surface area contributed by atoms with Gasteiger partial charge in [-0.3, -0.25) is 14.3 Å². The van der Waals surface area contributed by atoms with Gasteiger partial charge >= 0.3 is 0 Å². The van der Waals surface area contributed by atoms with Gasteiger partial charge in [0.05, 0.1) is 23.8 Å². The maximum Gasteiger partial charge on any atom is 0.262 e. The number of carbonyl (C=O) groups is 2. The largest absolute Gasteiger partial charge is 0.482 e. The van der Waals surface area contributed by atoms with Crippen molar-refractivity contribution < 1.29 is 14.3 Å². The number of hydrogen-bond donors (Lipinski definition) is 2. The highest BCUT2D eigenvalue weighted by Gasteiger charge is 2.19. The average Bonchev–Trinajstić information content (AvgIpc) is 2.80. The van der Waals surface area contributed by atoms with Crippen LogP contribution in [0.25, 0.3) is 0 Å². The molecule has 7 heteroatoms. The molecule has 2 aromatic rings. The zero-order valence-electron chi connectivity index (χ0n) is 14.8. The number of aryl methyl sites for hydroxylation is 2. The van der Waals surface area contributed by atoms with Crippen molar-refractivity contribution in [2.75, 3.05) is 11.9 Å². The number of nitrogens with zero attached hydrogens (tertiary/aromatic N) is 2. The molecule has 0 aliphatic carbocycles. The molecule has 2 N–H and O–H groups in total. The minimum Gasteiger partial charge on any atom is -0.482 e. The van der Waals surface area contributed by atoms with E-state index in [0.717, 1.165) is 22.5 Å². The van der Waals surface area contributed by atoms with Gasteiger partial charge in [-0.1, -0.05) is 6.07 Å². The van der Waals surface area contributed by atoms with E-state index < -0.39 is 0 Å². The van der Waals surface area contributed by atoms with E-state index in [-0.39, 0.29) is 24.5 Å². The number of carbonyl (C=O) groups excluding carboxylic acids is 2. The number of nitrogens with one attached hydrogen (secondary N) is 2. The quantitative estimate of drug-likeness (QED) is 0.887. The lowest BCUT2D eigenvalue weighted by molar-refractivity contribution is -0.121. The zero-order chi connectivity index (χ0) is 18.1. The van der Waals surface area contributed by atoms with Crippen molar-refractivity contribution in [3.63, 3.8) is 0 Å². The van der Waals surface area contributed by atoms with Crippen molar-refractivity contribution >= 4 is 17.5 Å². The molecule has 0 saturated carbocycles. The first-order valence-corrected chi connectivity index (χ1v) is 8.20. The molecule has 0 saturated heterocycles. The molecule has 0 spiro atoms. The van der Waals surface area contributed by atoms with Gasteiger partial charge in [0.25, 0.3) is 5.91 Å². The standard InChI is InChI=1S/C18H22N4O3/c1-10(13-5-6-16-15(7-13)20-18(24)9-25-16)19-17(23)8-14-11(2)21-22(4)12(14)3/h5-7,10H,8-9H2,1-4H3,(H,19,23)(H,20,24)/t10-/m1/s1. The Kier molecular flexibility index (Phi) is 4.48. The Balaban J connectivity index is 1.69.